The Hall–Kier alpha value is -0.120. The van der Waals surface area contributed by atoms with Crippen LogP contribution in [0.2, 0.25) is 0 Å². The normalized spacial score (nSPS) is 27.0. The van der Waals surface area contributed by atoms with Gasteiger partial charge in [-0.3, -0.25) is 0 Å². The van der Waals surface area contributed by atoms with Crippen molar-refractivity contribution in [1.29, 1.82) is 0 Å². The number of likely N-dealkylation sites (tertiary alicyclic amines) is 1. The van der Waals surface area contributed by atoms with Gasteiger partial charge in [0.2, 0.25) is 0 Å². The molecule has 0 aliphatic carbocycles. The molecule has 3 heteroatoms. The van der Waals surface area contributed by atoms with E-state index in [2.05, 4.69) is 31.1 Å². The monoisotopic (exact) mass is 186 g/mol. The van der Waals surface area contributed by atoms with E-state index in [1.54, 1.807) is 0 Å². The van der Waals surface area contributed by atoms with Crippen LogP contribution in [-0.4, -0.2) is 48.8 Å². The predicted octanol–water partition coefficient (Wildman–Crippen LogP) is 0.297. The third-order valence-electron chi connectivity index (χ3n) is 2.84. The molecule has 0 saturated carbocycles. The summed E-state index contributed by atoms with van der Waals surface area (Å²) in [6.45, 7) is 6.83. The number of nitrogens with zero attached hydrogens (tertiary/aromatic N) is 1. The fourth-order valence-corrected chi connectivity index (χ4v) is 1.83. The minimum absolute atomic E-state index is 0.248. The molecule has 0 aromatic rings. The maximum Gasteiger partial charge on any atom is 0.0587 e. The molecule has 78 valence electrons. The molecule has 1 rings (SSSR count). The van der Waals surface area contributed by atoms with Crippen molar-refractivity contribution in [2.24, 2.45) is 5.92 Å². The number of rotatable bonds is 4. The first-order chi connectivity index (χ1) is 6.13. The third-order valence-corrected chi connectivity index (χ3v) is 2.84. The lowest BCUT2D eigenvalue weighted by atomic mass is 10.0. The van der Waals surface area contributed by atoms with Gasteiger partial charge in [0.15, 0.2) is 0 Å². The van der Waals surface area contributed by atoms with Gasteiger partial charge in [-0.25, -0.2) is 0 Å². The summed E-state index contributed by atoms with van der Waals surface area (Å²) in [5.41, 5.74) is 0. The van der Waals surface area contributed by atoms with Gasteiger partial charge in [-0.1, -0.05) is 13.8 Å². The maximum atomic E-state index is 9.15. The van der Waals surface area contributed by atoms with Crippen molar-refractivity contribution < 1.29 is 5.11 Å². The molecule has 1 aliphatic heterocycles. The Morgan fingerprint density at radius 3 is 2.62 bits per heavy atom. The van der Waals surface area contributed by atoms with Crippen molar-refractivity contribution in [1.82, 2.24) is 10.2 Å². The summed E-state index contributed by atoms with van der Waals surface area (Å²) in [6.07, 6.45) is 1.21. The molecule has 0 amide bonds. The molecule has 13 heavy (non-hydrogen) atoms. The average Bonchev–Trinajstić information content (AvgIpc) is 2.46. The Balaban J connectivity index is 2.30. The zero-order valence-electron chi connectivity index (χ0n) is 8.95. The van der Waals surface area contributed by atoms with Crippen molar-refractivity contribution >= 4 is 0 Å². The summed E-state index contributed by atoms with van der Waals surface area (Å²) >= 11 is 0. The summed E-state index contributed by atoms with van der Waals surface area (Å²) in [4.78, 5) is 2.33. The molecule has 1 fully saturated rings. The first-order valence-corrected chi connectivity index (χ1v) is 5.19. The molecular formula is C10H22N2O. The molecule has 2 unspecified atom stereocenters. The van der Waals surface area contributed by atoms with Crippen LogP contribution in [0.25, 0.3) is 0 Å². The van der Waals surface area contributed by atoms with Gasteiger partial charge in [0.05, 0.1) is 6.61 Å². The van der Waals surface area contributed by atoms with Crippen LogP contribution >= 0.6 is 0 Å². The summed E-state index contributed by atoms with van der Waals surface area (Å²) in [7, 11) is 2.14. The van der Waals surface area contributed by atoms with E-state index in [1.807, 2.05) is 0 Å². The van der Waals surface area contributed by atoms with E-state index in [-0.39, 0.29) is 12.6 Å². The molecule has 0 spiro atoms. The fourth-order valence-electron chi connectivity index (χ4n) is 1.83. The molecule has 1 aliphatic rings. The minimum atomic E-state index is 0.248. The highest BCUT2D eigenvalue weighted by Crippen LogP contribution is 2.09. The topological polar surface area (TPSA) is 35.5 Å². The van der Waals surface area contributed by atoms with E-state index in [0.29, 0.717) is 12.0 Å². The van der Waals surface area contributed by atoms with Gasteiger partial charge in [0, 0.05) is 18.6 Å². The van der Waals surface area contributed by atoms with Crippen LogP contribution in [0.3, 0.4) is 0 Å². The second kappa shape index (κ2) is 4.94. The number of likely N-dealkylation sites (N-methyl/N-ethyl adjacent to an activating group) is 1. The Bertz CT molecular complexity index is 150. The molecule has 0 bridgehead atoms. The van der Waals surface area contributed by atoms with E-state index in [1.165, 1.54) is 13.0 Å². The molecule has 2 atom stereocenters. The van der Waals surface area contributed by atoms with E-state index in [4.69, 9.17) is 5.11 Å². The number of aliphatic hydroxyl groups excluding tert-OH is 1. The standard InChI is InChI=1S/C10H22N2O/c1-8(2)10(7-13)11-9-4-5-12(3)6-9/h8-11,13H,4-7H2,1-3H3. The van der Waals surface area contributed by atoms with Gasteiger partial charge in [0.1, 0.15) is 0 Å². The SMILES string of the molecule is CC(C)C(CO)NC1CCN(C)C1. The first kappa shape index (κ1) is 11.0. The second-order valence-corrected chi connectivity index (χ2v) is 4.45. The highest BCUT2D eigenvalue weighted by Gasteiger charge is 2.23. The Morgan fingerprint density at radius 1 is 1.54 bits per heavy atom. The number of aliphatic hydroxyl groups is 1. The maximum absolute atomic E-state index is 9.15. The average molecular weight is 186 g/mol. The molecule has 2 N–H and O–H groups in total. The summed E-state index contributed by atoms with van der Waals surface area (Å²) < 4.78 is 0. The first-order valence-electron chi connectivity index (χ1n) is 5.19. The van der Waals surface area contributed by atoms with Crippen LogP contribution in [0, 0.1) is 5.92 Å². The smallest absolute Gasteiger partial charge is 0.0587 e. The van der Waals surface area contributed by atoms with E-state index in [0.717, 1.165) is 6.54 Å². The summed E-state index contributed by atoms with van der Waals surface area (Å²) in [5.74, 6) is 0.510. The molecule has 3 nitrogen and oxygen atoms in total. The van der Waals surface area contributed by atoms with Gasteiger partial charge < -0.3 is 15.3 Å². The Morgan fingerprint density at radius 2 is 2.23 bits per heavy atom. The molecule has 0 aromatic heterocycles. The van der Waals surface area contributed by atoms with Crippen molar-refractivity contribution in [3.8, 4) is 0 Å². The van der Waals surface area contributed by atoms with Crippen molar-refractivity contribution in [3.63, 3.8) is 0 Å². The lowest BCUT2D eigenvalue weighted by Crippen LogP contribution is -2.44. The molecular weight excluding hydrogens is 164 g/mol. The lowest BCUT2D eigenvalue weighted by Gasteiger charge is -2.24. The molecule has 0 aromatic carbocycles. The Kier molecular flexibility index (Phi) is 4.16. The quantitative estimate of drug-likeness (QED) is 0.663. The van der Waals surface area contributed by atoms with Crippen LogP contribution in [-0.2, 0) is 0 Å². The van der Waals surface area contributed by atoms with E-state index >= 15 is 0 Å². The van der Waals surface area contributed by atoms with Gasteiger partial charge >= 0.3 is 0 Å². The third kappa shape index (κ3) is 3.25. The number of hydrogen-bond donors (Lipinski definition) is 2. The summed E-state index contributed by atoms with van der Waals surface area (Å²) in [5, 5.41) is 12.7. The zero-order chi connectivity index (χ0) is 9.84. The van der Waals surface area contributed by atoms with Gasteiger partial charge in [-0.15, -0.1) is 0 Å². The molecule has 0 radical (unpaired) electrons. The van der Waals surface area contributed by atoms with Crippen LogP contribution in [0.4, 0.5) is 0 Å². The number of hydrogen-bond acceptors (Lipinski definition) is 3. The largest absolute Gasteiger partial charge is 0.395 e. The van der Waals surface area contributed by atoms with E-state index in [9.17, 15) is 0 Å². The second-order valence-electron chi connectivity index (χ2n) is 4.45. The van der Waals surface area contributed by atoms with Gasteiger partial charge in [-0.05, 0) is 25.9 Å². The fraction of sp³-hybridized carbons (Fsp3) is 1.00. The lowest BCUT2D eigenvalue weighted by molar-refractivity contribution is 0.199. The highest BCUT2D eigenvalue weighted by molar-refractivity contribution is 4.83. The van der Waals surface area contributed by atoms with Crippen LogP contribution < -0.4 is 5.32 Å². The van der Waals surface area contributed by atoms with Crippen LogP contribution in [0.5, 0.6) is 0 Å². The summed E-state index contributed by atoms with van der Waals surface area (Å²) in [6, 6.07) is 0.834. The van der Waals surface area contributed by atoms with Crippen molar-refractivity contribution in [2.45, 2.75) is 32.4 Å². The Labute approximate surface area is 81.1 Å². The minimum Gasteiger partial charge on any atom is -0.395 e. The molecule has 1 heterocycles. The zero-order valence-corrected chi connectivity index (χ0v) is 8.95. The van der Waals surface area contributed by atoms with E-state index < -0.39 is 0 Å². The molecule has 1 saturated heterocycles. The highest BCUT2D eigenvalue weighted by atomic mass is 16.3. The van der Waals surface area contributed by atoms with Crippen molar-refractivity contribution in [2.75, 3.05) is 26.7 Å². The predicted molar refractivity (Wildman–Crippen MR) is 54.7 cm³/mol. The van der Waals surface area contributed by atoms with Crippen molar-refractivity contribution in [3.05, 3.63) is 0 Å². The van der Waals surface area contributed by atoms with Crippen LogP contribution in [0.15, 0.2) is 0 Å². The van der Waals surface area contributed by atoms with Gasteiger partial charge in [-0.2, -0.15) is 0 Å². The number of nitrogens with one attached hydrogen (secondary N) is 1. The van der Waals surface area contributed by atoms with Crippen LogP contribution in [0.1, 0.15) is 20.3 Å². The van der Waals surface area contributed by atoms with Gasteiger partial charge in [0.25, 0.3) is 0 Å².